The van der Waals surface area contributed by atoms with Crippen molar-refractivity contribution in [2.24, 2.45) is 0 Å². The molecule has 0 aliphatic heterocycles. The van der Waals surface area contributed by atoms with Crippen molar-refractivity contribution in [3.8, 4) is 5.75 Å². The summed E-state index contributed by atoms with van der Waals surface area (Å²) in [6.07, 6.45) is 0. The number of phenols is 1. The molecule has 0 unspecified atom stereocenters. The Hall–Kier alpha value is -1.79. The minimum Gasteiger partial charge on any atom is -0.506 e. The van der Waals surface area contributed by atoms with Gasteiger partial charge in [0.05, 0.1) is 14.4 Å². The van der Waals surface area contributed by atoms with Crippen LogP contribution in [0.5, 0.6) is 5.75 Å². The Morgan fingerprint density at radius 3 is 2.70 bits per heavy atom. The number of nitro groups is 1. The summed E-state index contributed by atoms with van der Waals surface area (Å²) in [5.41, 5.74) is 1.51. The van der Waals surface area contributed by atoms with Crippen LogP contribution in [0.25, 0.3) is 0 Å². The minimum atomic E-state index is -0.439. The number of hydrogen-bond acceptors (Lipinski definition) is 4. The maximum absolute atomic E-state index is 10.8. The summed E-state index contributed by atoms with van der Waals surface area (Å²) in [6, 6.07) is 9.66. The number of nitro benzene ring substituents is 1. The van der Waals surface area contributed by atoms with E-state index in [0.717, 1.165) is 11.3 Å². The Bertz CT molecular complexity index is 664. The molecule has 20 heavy (non-hydrogen) atoms. The SMILES string of the molecule is O=[N+]([O-])c1cc(CNc2ccc(O)c(Cl)c2)ccc1Br. The number of phenolic OH excluding ortho intramolecular Hbond substituents is 1. The Balaban J connectivity index is 2.12. The van der Waals surface area contributed by atoms with Gasteiger partial charge in [-0.05, 0) is 45.8 Å². The first-order valence-electron chi connectivity index (χ1n) is 5.62. The van der Waals surface area contributed by atoms with Crippen LogP contribution in [0.3, 0.4) is 0 Å². The third-order valence-corrected chi connectivity index (χ3v) is 3.62. The molecule has 0 radical (unpaired) electrons. The molecule has 2 rings (SSSR count). The highest BCUT2D eigenvalue weighted by atomic mass is 79.9. The highest BCUT2D eigenvalue weighted by Crippen LogP contribution is 2.28. The van der Waals surface area contributed by atoms with Gasteiger partial charge in [0.1, 0.15) is 5.75 Å². The topological polar surface area (TPSA) is 75.4 Å². The molecule has 2 N–H and O–H groups in total. The third kappa shape index (κ3) is 3.40. The summed E-state index contributed by atoms with van der Waals surface area (Å²) in [4.78, 5) is 10.4. The Kier molecular flexibility index (Phi) is 4.46. The van der Waals surface area contributed by atoms with Crippen molar-refractivity contribution in [1.82, 2.24) is 0 Å². The number of aromatic hydroxyl groups is 1. The molecule has 0 spiro atoms. The summed E-state index contributed by atoms with van der Waals surface area (Å²) in [7, 11) is 0. The Morgan fingerprint density at radius 2 is 2.05 bits per heavy atom. The molecule has 104 valence electrons. The number of anilines is 1. The van der Waals surface area contributed by atoms with Crippen LogP contribution >= 0.6 is 27.5 Å². The second kappa shape index (κ2) is 6.11. The van der Waals surface area contributed by atoms with Gasteiger partial charge in [0.15, 0.2) is 0 Å². The van der Waals surface area contributed by atoms with Crippen molar-refractivity contribution in [3.05, 3.63) is 61.6 Å². The number of nitrogens with one attached hydrogen (secondary N) is 1. The number of hydrogen-bond donors (Lipinski definition) is 2. The lowest BCUT2D eigenvalue weighted by Gasteiger charge is -2.08. The van der Waals surface area contributed by atoms with E-state index in [1.54, 1.807) is 24.3 Å². The zero-order chi connectivity index (χ0) is 14.7. The molecule has 7 heteroatoms. The second-order valence-electron chi connectivity index (χ2n) is 4.06. The van der Waals surface area contributed by atoms with E-state index in [1.165, 1.54) is 12.1 Å². The van der Waals surface area contributed by atoms with Crippen molar-refractivity contribution in [2.45, 2.75) is 6.54 Å². The van der Waals surface area contributed by atoms with Gasteiger partial charge in [0.2, 0.25) is 0 Å². The Morgan fingerprint density at radius 1 is 1.30 bits per heavy atom. The normalized spacial score (nSPS) is 10.3. The summed E-state index contributed by atoms with van der Waals surface area (Å²) < 4.78 is 0.443. The molecule has 5 nitrogen and oxygen atoms in total. The van der Waals surface area contributed by atoms with E-state index < -0.39 is 4.92 Å². The molecule has 0 bridgehead atoms. The average Bonchev–Trinajstić information content (AvgIpc) is 2.41. The monoisotopic (exact) mass is 356 g/mol. The van der Waals surface area contributed by atoms with Crippen LogP contribution in [0.15, 0.2) is 40.9 Å². The minimum absolute atomic E-state index is 0.0106. The predicted molar refractivity (Wildman–Crippen MR) is 81.2 cm³/mol. The molecule has 2 aromatic carbocycles. The zero-order valence-corrected chi connectivity index (χ0v) is 12.5. The first-order valence-corrected chi connectivity index (χ1v) is 6.79. The van der Waals surface area contributed by atoms with Gasteiger partial charge in [-0.15, -0.1) is 0 Å². The molecule has 0 aromatic heterocycles. The number of halogens is 2. The van der Waals surface area contributed by atoms with Crippen LogP contribution in [0.1, 0.15) is 5.56 Å². The molecule has 0 amide bonds. The largest absolute Gasteiger partial charge is 0.506 e. The van der Waals surface area contributed by atoms with Gasteiger partial charge in [-0.2, -0.15) is 0 Å². The zero-order valence-electron chi connectivity index (χ0n) is 10.1. The first kappa shape index (κ1) is 14.6. The van der Waals surface area contributed by atoms with Crippen LogP contribution < -0.4 is 5.32 Å². The number of benzene rings is 2. The van der Waals surface area contributed by atoms with Crippen molar-refractivity contribution < 1.29 is 10.0 Å². The standard InChI is InChI=1S/C13H10BrClN2O3/c14-10-3-1-8(5-12(10)17(19)20)7-16-9-2-4-13(18)11(15)6-9/h1-6,16,18H,7H2. The molecule has 2 aromatic rings. The Labute approximate surface area is 128 Å². The molecule has 0 heterocycles. The van der Waals surface area contributed by atoms with Gasteiger partial charge in [0, 0.05) is 18.3 Å². The predicted octanol–water partition coefficient (Wildman–Crippen LogP) is 4.33. The quantitative estimate of drug-likeness (QED) is 0.485. The molecule has 0 saturated carbocycles. The lowest BCUT2D eigenvalue weighted by Crippen LogP contribution is -2.00. The fraction of sp³-hybridized carbons (Fsp3) is 0.0769. The van der Waals surface area contributed by atoms with Gasteiger partial charge in [0.25, 0.3) is 5.69 Å². The van der Waals surface area contributed by atoms with Crippen molar-refractivity contribution in [1.29, 1.82) is 0 Å². The summed E-state index contributed by atoms with van der Waals surface area (Å²) in [6.45, 7) is 0.412. The maximum Gasteiger partial charge on any atom is 0.283 e. The first-order chi connectivity index (χ1) is 9.47. The van der Waals surface area contributed by atoms with Crippen molar-refractivity contribution >= 4 is 38.9 Å². The van der Waals surface area contributed by atoms with Gasteiger partial charge in [-0.3, -0.25) is 10.1 Å². The van der Waals surface area contributed by atoms with Crippen LogP contribution in [0.2, 0.25) is 5.02 Å². The molecule has 0 fully saturated rings. The summed E-state index contributed by atoms with van der Waals surface area (Å²) >= 11 is 8.93. The van der Waals surface area contributed by atoms with E-state index in [0.29, 0.717) is 11.0 Å². The van der Waals surface area contributed by atoms with E-state index in [2.05, 4.69) is 21.2 Å². The smallest absolute Gasteiger partial charge is 0.283 e. The summed E-state index contributed by atoms with van der Waals surface area (Å²) in [5.74, 6) is 0.0106. The molecular weight excluding hydrogens is 348 g/mol. The van der Waals surface area contributed by atoms with Gasteiger partial charge < -0.3 is 10.4 Å². The van der Waals surface area contributed by atoms with Crippen LogP contribution in [-0.2, 0) is 6.54 Å². The molecular formula is C13H10BrClN2O3. The number of nitrogens with zero attached hydrogens (tertiary/aromatic N) is 1. The molecule has 0 saturated heterocycles. The highest BCUT2D eigenvalue weighted by Gasteiger charge is 2.12. The summed E-state index contributed by atoms with van der Waals surface area (Å²) in [5, 5.41) is 23.5. The third-order valence-electron chi connectivity index (χ3n) is 2.65. The number of rotatable bonds is 4. The lowest BCUT2D eigenvalue weighted by molar-refractivity contribution is -0.385. The van der Waals surface area contributed by atoms with Crippen molar-refractivity contribution in [2.75, 3.05) is 5.32 Å². The maximum atomic E-state index is 10.8. The van der Waals surface area contributed by atoms with Gasteiger partial charge in [-0.1, -0.05) is 17.7 Å². The average molecular weight is 358 g/mol. The molecule has 0 atom stereocenters. The van der Waals surface area contributed by atoms with Gasteiger partial charge >= 0.3 is 0 Å². The van der Waals surface area contributed by atoms with Gasteiger partial charge in [-0.25, -0.2) is 0 Å². The van der Waals surface area contributed by atoms with E-state index >= 15 is 0 Å². The van der Waals surface area contributed by atoms with E-state index in [1.807, 2.05) is 0 Å². The lowest BCUT2D eigenvalue weighted by atomic mass is 10.2. The van der Waals surface area contributed by atoms with Crippen LogP contribution in [0, 0.1) is 10.1 Å². The van der Waals surface area contributed by atoms with Crippen molar-refractivity contribution in [3.63, 3.8) is 0 Å². The van der Waals surface area contributed by atoms with E-state index in [4.69, 9.17) is 11.6 Å². The molecule has 0 aliphatic carbocycles. The fourth-order valence-electron chi connectivity index (χ4n) is 1.63. The highest BCUT2D eigenvalue weighted by molar-refractivity contribution is 9.10. The van der Waals surface area contributed by atoms with Crippen LogP contribution in [0.4, 0.5) is 11.4 Å². The van der Waals surface area contributed by atoms with E-state index in [9.17, 15) is 15.2 Å². The van der Waals surface area contributed by atoms with E-state index in [-0.39, 0.29) is 16.5 Å². The molecule has 0 aliphatic rings. The fourth-order valence-corrected chi connectivity index (χ4v) is 2.20. The van der Waals surface area contributed by atoms with Crippen LogP contribution in [-0.4, -0.2) is 10.0 Å². The second-order valence-corrected chi connectivity index (χ2v) is 5.32.